The molecule has 0 amide bonds. The van der Waals surface area contributed by atoms with Crippen LogP contribution in [0.1, 0.15) is 25.1 Å². The van der Waals surface area contributed by atoms with Gasteiger partial charge in [-0.25, -0.2) is 4.39 Å². The summed E-state index contributed by atoms with van der Waals surface area (Å²) in [6, 6.07) is 6.35. The molecule has 6 heteroatoms. The number of benzene rings is 1. The minimum atomic E-state index is -0.220. The minimum absolute atomic E-state index is 0.117. The van der Waals surface area contributed by atoms with Crippen LogP contribution in [0, 0.1) is 5.82 Å². The maximum absolute atomic E-state index is 12.8. The normalized spacial score (nSPS) is 12.6. The second-order valence-corrected chi connectivity index (χ2v) is 6.42. The van der Waals surface area contributed by atoms with E-state index in [2.05, 4.69) is 28.0 Å². The predicted octanol–water partition coefficient (Wildman–Crippen LogP) is 3.99. The number of halogens is 2. The van der Waals surface area contributed by atoms with E-state index in [0.717, 1.165) is 33.8 Å². The summed E-state index contributed by atoms with van der Waals surface area (Å²) in [5, 5.41) is 4.32. The molecule has 0 aliphatic rings. The molecule has 1 aromatic heterocycles. The first-order chi connectivity index (χ1) is 9.61. The van der Waals surface area contributed by atoms with Crippen molar-refractivity contribution in [1.82, 2.24) is 9.78 Å². The molecule has 1 unspecified atom stereocenters. The molecule has 1 atom stereocenters. The van der Waals surface area contributed by atoms with Gasteiger partial charge in [-0.2, -0.15) is 5.10 Å². The molecule has 0 saturated heterocycles. The van der Waals surface area contributed by atoms with Crippen LogP contribution in [0.5, 0.6) is 0 Å². The Morgan fingerprint density at radius 3 is 2.75 bits per heavy atom. The SMILES string of the molecule is CCCn1ncc(Br)c1C(N)CSc1ccc(F)cc1. The number of nitrogens with two attached hydrogens (primary N) is 1. The Hall–Kier alpha value is -0.850. The Bertz CT molecular complexity index is 556. The van der Waals surface area contributed by atoms with Crippen LogP contribution in [0.4, 0.5) is 4.39 Å². The lowest BCUT2D eigenvalue weighted by Gasteiger charge is -2.14. The first-order valence-corrected chi connectivity index (χ1v) is 8.24. The summed E-state index contributed by atoms with van der Waals surface area (Å²) in [5.74, 6) is 0.502. The number of nitrogens with zero attached hydrogens (tertiary/aromatic N) is 2. The topological polar surface area (TPSA) is 43.8 Å². The van der Waals surface area contributed by atoms with E-state index in [0.29, 0.717) is 0 Å². The summed E-state index contributed by atoms with van der Waals surface area (Å²) in [4.78, 5) is 1.01. The molecule has 0 aliphatic heterocycles. The van der Waals surface area contributed by atoms with Crippen LogP contribution in [-0.2, 0) is 6.54 Å². The molecule has 20 heavy (non-hydrogen) atoms. The smallest absolute Gasteiger partial charge is 0.123 e. The lowest BCUT2D eigenvalue weighted by Crippen LogP contribution is -2.19. The van der Waals surface area contributed by atoms with Crippen LogP contribution in [0.15, 0.2) is 39.8 Å². The summed E-state index contributed by atoms with van der Waals surface area (Å²) in [6.45, 7) is 2.97. The van der Waals surface area contributed by atoms with Crippen molar-refractivity contribution < 1.29 is 4.39 Å². The van der Waals surface area contributed by atoms with Gasteiger partial charge in [-0.15, -0.1) is 11.8 Å². The van der Waals surface area contributed by atoms with E-state index >= 15 is 0 Å². The zero-order valence-electron chi connectivity index (χ0n) is 11.2. The van der Waals surface area contributed by atoms with Gasteiger partial charge in [0.1, 0.15) is 5.82 Å². The molecule has 108 valence electrons. The van der Waals surface area contributed by atoms with E-state index in [-0.39, 0.29) is 11.9 Å². The summed E-state index contributed by atoms with van der Waals surface area (Å²) >= 11 is 5.12. The van der Waals surface area contributed by atoms with Gasteiger partial charge < -0.3 is 5.73 Å². The van der Waals surface area contributed by atoms with Crippen molar-refractivity contribution in [2.45, 2.75) is 30.8 Å². The van der Waals surface area contributed by atoms with Gasteiger partial charge in [0, 0.05) is 17.2 Å². The predicted molar refractivity (Wildman–Crippen MR) is 84.3 cm³/mol. The lowest BCUT2D eigenvalue weighted by molar-refractivity contribution is 0.553. The Labute approximate surface area is 130 Å². The van der Waals surface area contributed by atoms with Crippen molar-refractivity contribution in [3.63, 3.8) is 0 Å². The number of thioether (sulfide) groups is 1. The van der Waals surface area contributed by atoms with Crippen LogP contribution in [-0.4, -0.2) is 15.5 Å². The molecular formula is C14H17BrFN3S. The summed E-state index contributed by atoms with van der Waals surface area (Å²) in [5.41, 5.74) is 7.28. The standard InChI is InChI=1S/C14H17BrFN3S/c1-2-7-19-14(12(15)8-18-19)13(17)9-20-11-5-3-10(16)4-6-11/h3-6,8,13H,2,7,9,17H2,1H3. The Morgan fingerprint density at radius 2 is 2.10 bits per heavy atom. The monoisotopic (exact) mass is 357 g/mol. The van der Waals surface area contributed by atoms with E-state index < -0.39 is 0 Å². The van der Waals surface area contributed by atoms with Gasteiger partial charge in [0.05, 0.1) is 22.4 Å². The third-order valence-electron chi connectivity index (χ3n) is 2.86. The summed E-state index contributed by atoms with van der Waals surface area (Å²) < 4.78 is 15.7. The zero-order valence-corrected chi connectivity index (χ0v) is 13.6. The molecule has 0 fully saturated rings. The molecule has 1 aromatic carbocycles. The fourth-order valence-corrected chi connectivity index (χ4v) is 3.37. The third-order valence-corrected chi connectivity index (χ3v) is 4.61. The molecule has 1 heterocycles. The maximum Gasteiger partial charge on any atom is 0.123 e. The zero-order chi connectivity index (χ0) is 14.5. The maximum atomic E-state index is 12.8. The fraction of sp³-hybridized carbons (Fsp3) is 0.357. The van der Waals surface area contributed by atoms with Crippen molar-refractivity contribution in [3.8, 4) is 0 Å². The van der Waals surface area contributed by atoms with E-state index in [1.807, 2.05) is 4.68 Å². The molecule has 3 nitrogen and oxygen atoms in total. The van der Waals surface area contributed by atoms with Gasteiger partial charge in [0.15, 0.2) is 0 Å². The second-order valence-electron chi connectivity index (χ2n) is 4.47. The Balaban J connectivity index is 2.02. The van der Waals surface area contributed by atoms with E-state index in [1.165, 1.54) is 12.1 Å². The molecular weight excluding hydrogens is 341 g/mol. The highest BCUT2D eigenvalue weighted by molar-refractivity contribution is 9.10. The van der Waals surface area contributed by atoms with Gasteiger partial charge in [-0.05, 0) is 46.6 Å². The molecule has 2 rings (SSSR count). The van der Waals surface area contributed by atoms with Gasteiger partial charge in [0.2, 0.25) is 0 Å². The van der Waals surface area contributed by atoms with Crippen molar-refractivity contribution in [1.29, 1.82) is 0 Å². The van der Waals surface area contributed by atoms with Crippen LogP contribution in [0.2, 0.25) is 0 Å². The number of aryl methyl sites for hydroxylation is 1. The largest absolute Gasteiger partial charge is 0.322 e. The first kappa shape index (κ1) is 15.5. The first-order valence-electron chi connectivity index (χ1n) is 6.47. The second kappa shape index (κ2) is 7.24. The van der Waals surface area contributed by atoms with Crippen LogP contribution < -0.4 is 5.73 Å². The number of hydrogen-bond acceptors (Lipinski definition) is 3. The van der Waals surface area contributed by atoms with Crippen LogP contribution >= 0.6 is 27.7 Å². The van der Waals surface area contributed by atoms with Gasteiger partial charge in [-0.1, -0.05) is 6.92 Å². The molecule has 0 radical (unpaired) electrons. The van der Waals surface area contributed by atoms with Gasteiger partial charge in [0.25, 0.3) is 0 Å². The van der Waals surface area contributed by atoms with Crippen molar-refractivity contribution in [2.24, 2.45) is 5.73 Å². The van der Waals surface area contributed by atoms with Gasteiger partial charge in [-0.3, -0.25) is 4.68 Å². The quantitative estimate of drug-likeness (QED) is 0.795. The van der Waals surface area contributed by atoms with E-state index in [1.54, 1.807) is 30.1 Å². The number of aromatic nitrogens is 2. The highest BCUT2D eigenvalue weighted by Gasteiger charge is 2.16. The highest BCUT2D eigenvalue weighted by Crippen LogP contribution is 2.27. The number of hydrogen-bond donors (Lipinski definition) is 1. The minimum Gasteiger partial charge on any atom is -0.322 e. The molecule has 0 aliphatic carbocycles. The summed E-state index contributed by atoms with van der Waals surface area (Å²) in [6.07, 6.45) is 2.80. The molecule has 2 aromatic rings. The third kappa shape index (κ3) is 3.84. The molecule has 0 bridgehead atoms. The molecule has 0 saturated carbocycles. The van der Waals surface area contributed by atoms with Crippen LogP contribution in [0.3, 0.4) is 0 Å². The highest BCUT2D eigenvalue weighted by atomic mass is 79.9. The fourth-order valence-electron chi connectivity index (χ4n) is 1.93. The molecule has 2 N–H and O–H groups in total. The van der Waals surface area contributed by atoms with Crippen molar-refractivity contribution in [2.75, 3.05) is 5.75 Å². The van der Waals surface area contributed by atoms with Crippen molar-refractivity contribution >= 4 is 27.7 Å². The van der Waals surface area contributed by atoms with E-state index in [9.17, 15) is 4.39 Å². The van der Waals surface area contributed by atoms with Crippen molar-refractivity contribution in [3.05, 3.63) is 46.4 Å². The van der Waals surface area contributed by atoms with Gasteiger partial charge >= 0.3 is 0 Å². The molecule has 0 spiro atoms. The lowest BCUT2D eigenvalue weighted by atomic mass is 10.2. The van der Waals surface area contributed by atoms with E-state index in [4.69, 9.17) is 5.73 Å². The summed E-state index contributed by atoms with van der Waals surface area (Å²) in [7, 11) is 0. The average Bonchev–Trinajstić information content (AvgIpc) is 2.79. The average molecular weight is 358 g/mol. The Morgan fingerprint density at radius 1 is 1.40 bits per heavy atom. The Kier molecular flexibility index (Phi) is 5.63. The van der Waals surface area contributed by atoms with Crippen LogP contribution in [0.25, 0.3) is 0 Å². The number of rotatable bonds is 6.